The molecule has 35 heavy (non-hydrogen) atoms. The smallest absolute Gasteiger partial charge is 0.289 e. The number of amides is 4. The van der Waals surface area contributed by atoms with Crippen LogP contribution in [-0.2, 0) is 19.8 Å². The number of hydrogen-bond acceptors (Lipinski definition) is 5. The highest BCUT2D eigenvalue weighted by molar-refractivity contribution is 6.32. The molecule has 1 aromatic heterocycles. The summed E-state index contributed by atoms with van der Waals surface area (Å²) in [7, 11) is 0. The maximum Gasteiger partial charge on any atom is 0.289 e. The Kier molecular flexibility index (Phi) is 6.40. The molecule has 0 spiro atoms. The molecule has 5 rings (SSSR count). The third-order valence-electron chi connectivity index (χ3n) is 7.53. The molecule has 184 valence electrons. The van der Waals surface area contributed by atoms with Crippen molar-refractivity contribution in [1.29, 1.82) is 0 Å². The molecular weight excluding hydrogens is 470 g/mol. The summed E-state index contributed by atoms with van der Waals surface area (Å²) in [6, 6.07) is 10.2. The lowest BCUT2D eigenvalue weighted by Crippen LogP contribution is -2.52. The molecule has 1 aliphatic carbocycles. The fraction of sp³-hybridized carbons (Fsp3) is 0.462. The minimum absolute atomic E-state index is 0.0608. The first-order chi connectivity index (χ1) is 16.9. The molecule has 0 radical (unpaired) electrons. The van der Waals surface area contributed by atoms with Gasteiger partial charge < -0.3 is 14.2 Å². The molecule has 3 aliphatic rings. The van der Waals surface area contributed by atoms with Gasteiger partial charge in [-0.3, -0.25) is 24.1 Å². The zero-order valence-corrected chi connectivity index (χ0v) is 20.2. The fourth-order valence-corrected chi connectivity index (χ4v) is 5.99. The number of piperazine rings is 1. The van der Waals surface area contributed by atoms with Crippen LogP contribution < -0.4 is 0 Å². The van der Waals surface area contributed by atoms with Crippen molar-refractivity contribution in [2.45, 2.75) is 50.0 Å². The maximum atomic E-state index is 13.9. The van der Waals surface area contributed by atoms with E-state index in [1.54, 1.807) is 46.2 Å². The molecule has 0 N–H and O–H groups in total. The number of carbonyl (C=O) groups is 4. The number of benzene rings is 1. The summed E-state index contributed by atoms with van der Waals surface area (Å²) in [4.78, 5) is 57.8. The van der Waals surface area contributed by atoms with E-state index in [1.165, 1.54) is 11.2 Å². The van der Waals surface area contributed by atoms with Gasteiger partial charge >= 0.3 is 0 Å². The van der Waals surface area contributed by atoms with Crippen LogP contribution >= 0.6 is 11.6 Å². The van der Waals surface area contributed by atoms with Gasteiger partial charge in [0.25, 0.3) is 5.91 Å². The van der Waals surface area contributed by atoms with E-state index in [4.69, 9.17) is 16.0 Å². The highest BCUT2D eigenvalue weighted by atomic mass is 35.5. The van der Waals surface area contributed by atoms with E-state index in [1.807, 2.05) is 0 Å². The quantitative estimate of drug-likeness (QED) is 0.591. The Morgan fingerprint density at radius 1 is 0.971 bits per heavy atom. The van der Waals surface area contributed by atoms with E-state index in [0.29, 0.717) is 36.8 Å². The van der Waals surface area contributed by atoms with Gasteiger partial charge in [-0.05, 0) is 36.6 Å². The summed E-state index contributed by atoms with van der Waals surface area (Å²) in [5.41, 5.74) is -0.781. The molecule has 2 saturated heterocycles. The Morgan fingerprint density at radius 2 is 1.66 bits per heavy atom. The van der Waals surface area contributed by atoms with Crippen LogP contribution in [0.2, 0.25) is 5.02 Å². The Labute approximate surface area is 208 Å². The summed E-state index contributed by atoms with van der Waals surface area (Å²) < 4.78 is 5.20. The monoisotopic (exact) mass is 497 g/mol. The van der Waals surface area contributed by atoms with Crippen molar-refractivity contribution in [3.8, 4) is 0 Å². The van der Waals surface area contributed by atoms with Gasteiger partial charge in [0, 0.05) is 50.1 Å². The largest absolute Gasteiger partial charge is 0.459 e. The lowest BCUT2D eigenvalue weighted by atomic mass is 9.75. The molecule has 1 atom stereocenters. The van der Waals surface area contributed by atoms with Crippen LogP contribution in [0.1, 0.15) is 54.6 Å². The van der Waals surface area contributed by atoms with E-state index in [0.717, 1.165) is 25.7 Å². The Bertz CT molecular complexity index is 1140. The lowest BCUT2D eigenvalue weighted by molar-refractivity contribution is -0.145. The van der Waals surface area contributed by atoms with Crippen LogP contribution in [0.15, 0.2) is 47.1 Å². The number of furan rings is 1. The van der Waals surface area contributed by atoms with Gasteiger partial charge in [0.1, 0.15) is 0 Å². The minimum atomic E-state index is -1.31. The van der Waals surface area contributed by atoms with E-state index in [-0.39, 0.29) is 48.3 Å². The first-order valence-electron chi connectivity index (χ1n) is 12.1. The number of imide groups is 1. The summed E-state index contributed by atoms with van der Waals surface area (Å²) in [5, 5.41) is 0.378. The number of nitrogens with zero attached hydrogens (tertiary/aromatic N) is 3. The van der Waals surface area contributed by atoms with Crippen LogP contribution in [0, 0.1) is 0 Å². The molecular formula is C26H28ClN3O5. The van der Waals surface area contributed by atoms with Crippen molar-refractivity contribution in [2.75, 3.05) is 26.2 Å². The predicted octanol–water partition coefficient (Wildman–Crippen LogP) is 3.25. The van der Waals surface area contributed by atoms with Crippen molar-refractivity contribution >= 4 is 35.2 Å². The van der Waals surface area contributed by atoms with Crippen LogP contribution in [0.3, 0.4) is 0 Å². The second kappa shape index (κ2) is 9.49. The topological polar surface area (TPSA) is 91.1 Å². The van der Waals surface area contributed by atoms with Crippen LogP contribution in [-0.4, -0.2) is 70.5 Å². The summed E-state index contributed by atoms with van der Waals surface area (Å²) >= 11 is 6.53. The van der Waals surface area contributed by atoms with E-state index < -0.39 is 5.41 Å². The number of halogens is 1. The fourth-order valence-electron chi connectivity index (χ4n) is 5.67. The molecule has 2 aromatic rings. The average molecular weight is 498 g/mol. The zero-order valence-electron chi connectivity index (χ0n) is 19.5. The van der Waals surface area contributed by atoms with Gasteiger partial charge in [-0.25, -0.2) is 0 Å². The molecule has 3 fully saturated rings. The molecule has 2 aliphatic heterocycles. The normalized spacial score (nSPS) is 23.4. The zero-order chi connectivity index (χ0) is 24.6. The van der Waals surface area contributed by atoms with Crippen molar-refractivity contribution in [3.05, 3.63) is 59.0 Å². The average Bonchev–Trinajstić information content (AvgIpc) is 3.62. The van der Waals surface area contributed by atoms with Crippen molar-refractivity contribution in [2.24, 2.45) is 0 Å². The SMILES string of the molecule is O=C(C[C@@]1(c2ccccc2Cl)CC(=O)N(C2CCCC2)C1=O)N1CCN(C(=O)c2ccco2)CC1. The third-order valence-corrected chi connectivity index (χ3v) is 7.86. The maximum absolute atomic E-state index is 13.9. The first kappa shape index (κ1) is 23.6. The summed E-state index contributed by atoms with van der Waals surface area (Å²) in [5.74, 6) is -0.710. The molecule has 0 bridgehead atoms. The molecule has 0 unspecified atom stereocenters. The number of rotatable bonds is 5. The van der Waals surface area contributed by atoms with Gasteiger partial charge in [-0.1, -0.05) is 42.6 Å². The van der Waals surface area contributed by atoms with Gasteiger partial charge in [0.05, 0.1) is 11.7 Å². The lowest BCUT2D eigenvalue weighted by Gasteiger charge is -2.36. The van der Waals surface area contributed by atoms with Crippen LogP contribution in [0.4, 0.5) is 0 Å². The Balaban J connectivity index is 1.36. The van der Waals surface area contributed by atoms with Crippen molar-refractivity contribution in [3.63, 3.8) is 0 Å². The molecule has 3 heterocycles. The number of likely N-dealkylation sites (tertiary alicyclic amines) is 1. The van der Waals surface area contributed by atoms with E-state index >= 15 is 0 Å². The van der Waals surface area contributed by atoms with Gasteiger partial charge in [-0.15, -0.1) is 0 Å². The third kappa shape index (κ3) is 4.24. The summed E-state index contributed by atoms with van der Waals surface area (Å²) in [6.07, 6.45) is 4.84. The molecule has 8 nitrogen and oxygen atoms in total. The molecule has 9 heteroatoms. The first-order valence-corrected chi connectivity index (χ1v) is 12.5. The second-order valence-corrected chi connectivity index (χ2v) is 9.98. The van der Waals surface area contributed by atoms with Crippen LogP contribution in [0.25, 0.3) is 0 Å². The van der Waals surface area contributed by atoms with Crippen LogP contribution in [0.5, 0.6) is 0 Å². The van der Waals surface area contributed by atoms with E-state index in [9.17, 15) is 19.2 Å². The highest BCUT2D eigenvalue weighted by Crippen LogP contribution is 2.45. The van der Waals surface area contributed by atoms with Gasteiger partial charge in [0.2, 0.25) is 17.7 Å². The summed E-state index contributed by atoms with van der Waals surface area (Å²) in [6.45, 7) is 1.42. The minimum Gasteiger partial charge on any atom is -0.459 e. The van der Waals surface area contributed by atoms with Crippen molar-refractivity contribution < 1.29 is 23.6 Å². The van der Waals surface area contributed by atoms with Gasteiger partial charge in [0.15, 0.2) is 5.76 Å². The van der Waals surface area contributed by atoms with Gasteiger partial charge in [-0.2, -0.15) is 0 Å². The Morgan fingerprint density at radius 3 is 2.31 bits per heavy atom. The molecule has 1 saturated carbocycles. The predicted molar refractivity (Wildman–Crippen MR) is 128 cm³/mol. The van der Waals surface area contributed by atoms with E-state index in [2.05, 4.69) is 0 Å². The molecule has 1 aromatic carbocycles. The number of carbonyl (C=O) groups excluding carboxylic acids is 4. The second-order valence-electron chi connectivity index (χ2n) is 9.57. The van der Waals surface area contributed by atoms with Crippen molar-refractivity contribution in [1.82, 2.24) is 14.7 Å². The number of hydrogen-bond donors (Lipinski definition) is 0. The highest BCUT2D eigenvalue weighted by Gasteiger charge is 2.56. The molecule has 4 amide bonds. The Hall–Kier alpha value is -3.13. The standard InChI is InChI=1S/C26H28ClN3O5/c27-20-9-4-3-8-19(20)26(17-23(32)30(25(26)34)18-6-1-2-7-18)16-22(31)28-11-13-29(14-12-28)24(33)21-10-5-15-35-21/h3-5,8-10,15,18H,1-2,6-7,11-14,16-17H2/t26-/m0/s1.